The van der Waals surface area contributed by atoms with Gasteiger partial charge >= 0.3 is 11.9 Å². The molecule has 2 aromatic rings. The van der Waals surface area contributed by atoms with Crippen molar-refractivity contribution in [1.82, 2.24) is 0 Å². The average Bonchev–Trinajstić information content (AvgIpc) is 2.66. The van der Waals surface area contributed by atoms with E-state index >= 15 is 0 Å². The van der Waals surface area contributed by atoms with Gasteiger partial charge in [0.15, 0.2) is 23.0 Å². The molecule has 7 heteroatoms. The smallest absolute Gasteiger partial charge is 0.346 e. The lowest BCUT2D eigenvalue weighted by Crippen LogP contribution is -2.13. The van der Waals surface area contributed by atoms with Gasteiger partial charge in [-0.15, -0.1) is 0 Å². The van der Waals surface area contributed by atoms with Crippen LogP contribution < -0.4 is 18.9 Å². The Morgan fingerprint density at radius 2 is 0.960 bits per heavy atom. The van der Waals surface area contributed by atoms with Crippen LogP contribution in [-0.2, 0) is 4.74 Å². The van der Waals surface area contributed by atoms with Gasteiger partial charge in [0.1, 0.15) is 0 Å². The van der Waals surface area contributed by atoms with E-state index in [-0.39, 0.29) is 11.1 Å². The number of carbonyl (C=O) groups excluding carboxylic acids is 2. The summed E-state index contributed by atoms with van der Waals surface area (Å²) in [5.74, 6) is 0.0306. The summed E-state index contributed by atoms with van der Waals surface area (Å²) in [6.07, 6.45) is 0. The zero-order valence-electron chi connectivity index (χ0n) is 14.3. The zero-order valence-corrected chi connectivity index (χ0v) is 14.3. The molecule has 2 rings (SSSR count). The molecule has 0 aliphatic carbocycles. The van der Waals surface area contributed by atoms with Crippen molar-refractivity contribution in [3.63, 3.8) is 0 Å². The molecule has 0 atom stereocenters. The number of benzene rings is 2. The Morgan fingerprint density at radius 1 is 0.600 bits per heavy atom. The number of hydrogen-bond acceptors (Lipinski definition) is 7. The highest BCUT2D eigenvalue weighted by atomic mass is 16.6. The molecule has 25 heavy (non-hydrogen) atoms. The van der Waals surface area contributed by atoms with Crippen LogP contribution in [-0.4, -0.2) is 40.4 Å². The molecule has 0 radical (unpaired) electrons. The summed E-state index contributed by atoms with van der Waals surface area (Å²) in [4.78, 5) is 24.4. The third-order valence-electron chi connectivity index (χ3n) is 3.42. The largest absolute Gasteiger partial charge is 0.493 e. The van der Waals surface area contributed by atoms with E-state index in [4.69, 9.17) is 23.7 Å². The standard InChI is InChI=1S/C18H18O7/c1-21-13-7-5-11(9-15(13)23-3)17(19)25-18(20)12-6-8-14(22-2)16(10-12)24-4/h5-10H,1-4H3. The van der Waals surface area contributed by atoms with Crippen LogP contribution in [0, 0.1) is 0 Å². The Kier molecular flexibility index (Phi) is 5.84. The predicted octanol–water partition coefficient (Wildman–Crippen LogP) is 2.72. The number of carbonyl (C=O) groups is 2. The molecule has 0 aliphatic rings. The van der Waals surface area contributed by atoms with Gasteiger partial charge in [-0.2, -0.15) is 0 Å². The van der Waals surface area contributed by atoms with E-state index in [0.717, 1.165) is 0 Å². The quantitative estimate of drug-likeness (QED) is 0.587. The Hall–Kier alpha value is -3.22. The maximum Gasteiger partial charge on any atom is 0.346 e. The molecule has 0 N–H and O–H groups in total. The maximum atomic E-state index is 12.2. The van der Waals surface area contributed by atoms with Crippen molar-refractivity contribution in [3.05, 3.63) is 47.5 Å². The van der Waals surface area contributed by atoms with Crippen molar-refractivity contribution in [3.8, 4) is 23.0 Å². The normalized spacial score (nSPS) is 9.92. The minimum Gasteiger partial charge on any atom is -0.493 e. The Balaban J connectivity index is 2.19. The molecule has 0 bridgehead atoms. The summed E-state index contributed by atoms with van der Waals surface area (Å²) in [5.41, 5.74) is 0.318. The lowest BCUT2D eigenvalue weighted by molar-refractivity contribution is 0.0397. The van der Waals surface area contributed by atoms with Crippen molar-refractivity contribution in [2.75, 3.05) is 28.4 Å². The minimum atomic E-state index is -0.805. The van der Waals surface area contributed by atoms with E-state index in [1.165, 1.54) is 52.7 Å². The fraction of sp³-hybridized carbons (Fsp3) is 0.222. The fourth-order valence-electron chi connectivity index (χ4n) is 2.13. The van der Waals surface area contributed by atoms with E-state index in [2.05, 4.69) is 0 Å². The van der Waals surface area contributed by atoms with Gasteiger partial charge in [-0.3, -0.25) is 0 Å². The van der Waals surface area contributed by atoms with Gasteiger partial charge < -0.3 is 23.7 Å². The lowest BCUT2D eigenvalue weighted by Gasteiger charge is -2.10. The van der Waals surface area contributed by atoms with E-state index in [9.17, 15) is 9.59 Å². The molecule has 0 fully saturated rings. The summed E-state index contributed by atoms with van der Waals surface area (Å²) in [7, 11) is 5.86. The van der Waals surface area contributed by atoms with E-state index in [0.29, 0.717) is 23.0 Å². The van der Waals surface area contributed by atoms with Gasteiger partial charge in [0.2, 0.25) is 0 Å². The fourth-order valence-corrected chi connectivity index (χ4v) is 2.13. The van der Waals surface area contributed by atoms with Crippen molar-refractivity contribution >= 4 is 11.9 Å². The first kappa shape index (κ1) is 18.1. The highest BCUT2D eigenvalue weighted by molar-refractivity contribution is 6.03. The highest BCUT2D eigenvalue weighted by Gasteiger charge is 2.18. The first-order chi connectivity index (χ1) is 12.0. The summed E-state index contributed by atoms with van der Waals surface area (Å²) in [5, 5.41) is 0. The van der Waals surface area contributed by atoms with Gasteiger partial charge in [-0.25, -0.2) is 9.59 Å². The van der Waals surface area contributed by atoms with Crippen molar-refractivity contribution in [2.45, 2.75) is 0 Å². The molecule has 0 heterocycles. The summed E-state index contributed by atoms with van der Waals surface area (Å²) in [6.45, 7) is 0. The van der Waals surface area contributed by atoms with Gasteiger partial charge in [0.05, 0.1) is 39.6 Å². The number of methoxy groups -OCH3 is 4. The molecule has 7 nitrogen and oxygen atoms in total. The second-order valence-corrected chi connectivity index (χ2v) is 4.82. The van der Waals surface area contributed by atoms with Crippen molar-refractivity contribution < 1.29 is 33.3 Å². The molecule has 2 aromatic carbocycles. The molecule has 0 saturated carbocycles. The molecule has 132 valence electrons. The molecule has 0 unspecified atom stereocenters. The second kappa shape index (κ2) is 8.05. The lowest BCUT2D eigenvalue weighted by atomic mass is 10.2. The number of esters is 2. The zero-order chi connectivity index (χ0) is 18.4. The highest BCUT2D eigenvalue weighted by Crippen LogP contribution is 2.29. The predicted molar refractivity (Wildman–Crippen MR) is 88.8 cm³/mol. The second-order valence-electron chi connectivity index (χ2n) is 4.82. The van der Waals surface area contributed by atoms with Gasteiger partial charge in [0, 0.05) is 0 Å². The maximum absolute atomic E-state index is 12.2. The van der Waals surface area contributed by atoms with Crippen LogP contribution in [0.5, 0.6) is 23.0 Å². The minimum absolute atomic E-state index is 0.159. The molecule has 0 spiro atoms. The van der Waals surface area contributed by atoms with Crippen molar-refractivity contribution in [1.29, 1.82) is 0 Å². The van der Waals surface area contributed by atoms with Crippen molar-refractivity contribution in [2.24, 2.45) is 0 Å². The monoisotopic (exact) mass is 346 g/mol. The van der Waals surface area contributed by atoms with Gasteiger partial charge in [-0.05, 0) is 36.4 Å². The molecular weight excluding hydrogens is 328 g/mol. The van der Waals surface area contributed by atoms with Crippen LogP contribution in [0.2, 0.25) is 0 Å². The number of rotatable bonds is 6. The van der Waals surface area contributed by atoms with Crippen LogP contribution in [0.25, 0.3) is 0 Å². The number of hydrogen-bond donors (Lipinski definition) is 0. The molecule has 0 amide bonds. The third kappa shape index (κ3) is 4.00. The van der Waals surface area contributed by atoms with E-state index in [1.807, 2.05) is 0 Å². The Morgan fingerprint density at radius 3 is 1.28 bits per heavy atom. The molecule has 0 saturated heterocycles. The third-order valence-corrected chi connectivity index (χ3v) is 3.42. The van der Waals surface area contributed by atoms with Crippen LogP contribution in [0.1, 0.15) is 20.7 Å². The van der Waals surface area contributed by atoms with Gasteiger partial charge in [-0.1, -0.05) is 0 Å². The first-order valence-corrected chi connectivity index (χ1v) is 7.24. The van der Waals surface area contributed by atoms with Crippen LogP contribution in [0.15, 0.2) is 36.4 Å². The van der Waals surface area contributed by atoms with Crippen LogP contribution in [0.3, 0.4) is 0 Å². The Labute approximate surface area is 145 Å². The van der Waals surface area contributed by atoms with Crippen LogP contribution in [0.4, 0.5) is 0 Å². The SMILES string of the molecule is COc1ccc(C(=O)OC(=O)c2ccc(OC)c(OC)c2)cc1OC. The first-order valence-electron chi connectivity index (χ1n) is 7.24. The summed E-state index contributed by atoms with van der Waals surface area (Å²) >= 11 is 0. The van der Waals surface area contributed by atoms with E-state index < -0.39 is 11.9 Å². The average molecular weight is 346 g/mol. The summed E-state index contributed by atoms with van der Waals surface area (Å²) in [6, 6.07) is 8.93. The molecule has 0 aromatic heterocycles. The topological polar surface area (TPSA) is 80.3 Å². The number of ether oxygens (including phenoxy) is 5. The molecule has 0 aliphatic heterocycles. The van der Waals surface area contributed by atoms with Gasteiger partial charge in [0.25, 0.3) is 0 Å². The van der Waals surface area contributed by atoms with Crippen LogP contribution >= 0.6 is 0 Å². The Bertz CT molecular complexity index is 717. The summed E-state index contributed by atoms with van der Waals surface area (Å²) < 4.78 is 25.3. The molecular formula is C18H18O7. The van der Waals surface area contributed by atoms with E-state index in [1.54, 1.807) is 12.1 Å².